The van der Waals surface area contributed by atoms with Crippen molar-refractivity contribution in [2.45, 2.75) is 85.6 Å². The number of morpholine rings is 1. The minimum atomic E-state index is -2.05. The van der Waals surface area contributed by atoms with Crippen LogP contribution in [0.3, 0.4) is 0 Å². The first-order chi connectivity index (χ1) is 27.3. The summed E-state index contributed by atoms with van der Waals surface area (Å²) in [5.74, 6) is -8.44. The Hall–Kier alpha value is -5.16. The molecule has 0 spiro atoms. The highest BCUT2D eigenvalue weighted by atomic mass is 16.7. The van der Waals surface area contributed by atoms with Crippen LogP contribution in [0.25, 0.3) is 10.8 Å². The van der Waals surface area contributed by atoms with Crippen LogP contribution in [0, 0.1) is 30.6 Å². The molecule has 0 radical (unpaired) electrons. The topological polar surface area (TPSA) is 226 Å². The number of phenols is 3. The van der Waals surface area contributed by atoms with Gasteiger partial charge >= 0.3 is 11.8 Å². The number of amides is 1. The molecule has 316 valence electrons. The van der Waals surface area contributed by atoms with Gasteiger partial charge < -0.3 is 54.5 Å². The van der Waals surface area contributed by atoms with Crippen molar-refractivity contribution in [3.8, 4) is 23.0 Å². The number of nitrogens with zero attached hydrogens (tertiary/aromatic N) is 2. The van der Waals surface area contributed by atoms with E-state index in [1.54, 1.807) is 44.9 Å². The van der Waals surface area contributed by atoms with Crippen molar-refractivity contribution in [3.63, 3.8) is 0 Å². The molecule has 16 heteroatoms. The number of carbonyl (C=O) groups is 3. The number of esters is 1. The molecule has 4 heterocycles. The maximum Gasteiger partial charge on any atom is 0.312 e. The molecule has 0 unspecified atom stereocenters. The number of nitrogens with one attached hydrogen (secondary N) is 1. The lowest BCUT2D eigenvalue weighted by molar-refractivity contribution is -0.160. The number of ketones is 1. The van der Waals surface area contributed by atoms with Crippen LogP contribution in [0.5, 0.6) is 23.0 Å². The summed E-state index contributed by atoms with van der Waals surface area (Å²) in [5, 5.41) is 66.4. The lowest BCUT2D eigenvalue weighted by Crippen LogP contribution is -2.46. The van der Waals surface area contributed by atoms with Gasteiger partial charge in [0.2, 0.25) is 0 Å². The molecule has 5 bridgehead atoms. The molecule has 6 N–H and O–H groups in total. The van der Waals surface area contributed by atoms with Crippen LogP contribution >= 0.6 is 0 Å². The minimum absolute atomic E-state index is 0.0475. The number of methoxy groups -OCH3 is 1. The van der Waals surface area contributed by atoms with E-state index in [0.29, 0.717) is 26.3 Å². The highest BCUT2D eigenvalue weighted by Gasteiger charge is 2.50. The number of aliphatic hydroxyl groups excluding tert-OH is 2. The van der Waals surface area contributed by atoms with E-state index in [0.717, 1.165) is 0 Å². The Morgan fingerprint density at radius 2 is 1.64 bits per heavy atom. The van der Waals surface area contributed by atoms with E-state index in [2.05, 4.69) is 10.4 Å². The van der Waals surface area contributed by atoms with Gasteiger partial charge in [-0.05, 0) is 19.9 Å². The maximum absolute atomic E-state index is 14.4. The number of ether oxygens (including phenoxy) is 5. The molecule has 6 rings (SSSR count). The number of phenolic OH excluding ortho intramolecular Hbond substituents is 3. The molecule has 58 heavy (non-hydrogen) atoms. The summed E-state index contributed by atoms with van der Waals surface area (Å²) in [5.41, 5.74) is -0.426. The normalized spacial score (nSPS) is 32.1. The summed E-state index contributed by atoms with van der Waals surface area (Å²) in [6.07, 6.45) is 4.76. The third-order valence-corrected chi connectivity index (χ3v) is 11.4. The molecule has 0 aromatic heterocycles. The largest absolute Gasteiger partial charge is 0.507 e. The Balaban J connectivity index is 1.71. The molecular weight excluding hydrogens is 754 g/mol. The number of anilines is 1. The lowest BCUT2D eigenvalue weighted by Gasteiger charge is -2.38. The number of hydrogen-bond acceptors (Lipinski definition) is 15. The van der Waals surface area contributed by atoms with Crippen LogP contribution in [0.15, 0.2) is 41.2 Å². The summed E-state index contributed by atoms with van der Waals surface area (Å²) in [6.45, 7) is 14.1. The second kappa shape index (κ2) is 17.8. The van der Waals surface area contributed by atoms with Gasteiger partial charge in [-0.2, -0.15) is 5.10 Å². The van der Waals surface area contributed by atoms with Gasteiger partial charge in [0.1, 0.15) is 23.4 Å². The molecule has 16 nitrogen and oxygen atoms in total. The minimum Gasteiger partial charge on any atom is -0.507 e. The highest BCUT2D eigenvalue weighted by molar-refractivity contribution is 6.23. The molecule has 9 atom stereocenters. The first-order valence-electron chi connectivity index (χ1n) is 19.3. The number of benzene rings is 2. The van der Waals surface area contributed by atoms with E-state index in [-0.39, 0.29) is 44.5 Å². The van der Waals surface area contributed by atoms with Gasteiger partial charge in [0.05, 0.1) is 79.3 Å². The Labute approximate surface area is 337 Å². The van der Waals surface area contributed by atoms with Crippen LogP contribution in [0.1, 0.15) is 70.0 Å². The van der Waals surface area contributed by atoms with Gasteiger partial charge in [-0.3, -0.25) is 19.4 Å². The third-order valence-electron chi connectivity index (χ3n) is 11.4. The molecule has 0 aliphatic carbocycles. The fourth-order valence-corrected chi connectivity index (χ4v) is 7.68. The van der Waals surface area contributed by atoms with Crippen molar-refractivity contribution in [2.24, 2.45) is 28.8 Å². The number of rotatable bonds is 4. The van der Waals surface area contributed by atoms with Crippen molar-refractivity contribution >= 4 is 40.3 Å². The van der Waals surface area contributed by atoms with E-state index in [1.165, 1.54) is 59.4 Å². The van der Waals surface area contributed by atoms with Crippen molar-refractivity contribution in [1.29, 1.82) is 0 Å². The molecule has 1 fully saturated rings. The molecule has 2 aromatic carbocycles. The Morgan fingerprint density at radius 3 is 2.28 bits per heavy atom. The average Bonchev–Trinajstić information content (AvgIpc) is 3.46. The molecule has 4 aliphatic heterocycles. The molecule has 1 amide bonds. The van der Waals surface area contributed by atoms with E-state index in [4.69, 9.17) is 23.7 Å². The zero-order valence-corrected chi connectivity index (χ0v) is 34.3. The fraction of sp³-hybridized carbons (Fsp3) is 0.524. The van der Waals surface area contributed by atoms with Crippen LogP contribution in [0.2, 0.25) is 0 Å². The Kier molecular flexibility index (Phi) is 13.5. The van der Waals surface area contributed by atoms with E-state index in [1.807, 2.05) is 0 Å². The van der Waals surface area contributed by atoms with Crippen molar-refractivity contribution in [3.05, 3.63) is 52.8 Å². The predicted molar refractivity (Wildman–Crippen MR) is 214 cm³/mol. The van der Waals surface area contributed by atoms with Crippen molar-refractivity contribution in [2.75, 3.05) is 38.7 Å². The number of aliphatic hydroxyl groups is 2. The second-order valence-electron chi connectivity index (χ2n) is 15.4. The molecule has 1 saturated heterocycles. The molecule has 4 aliphatic rings. The number of hydrazone groups is 1. The van der Waals surface area contributed by atoms with Gasteiger partial charge in [0, 0.05) is 61.2 Å². The van der Waals surface area contributed by atoms with E-state index in [9.17, 15) is 39.9 Å². The van der Waals surface area contributed by atoms with Gasteiger partial charge in [-0.25, -0.2) is 0 Å². The first kappa shape index (κ1) is 44.0. The van der Waals surface area contributed by atoms with Crippen LogP contribution < -0.4 is 10.1 Å². The first-order valence-corrected chi connectivity index (χ1v) is 19.3. The lowest BCUT2D eigenvalue weighted by atomic mass is 9.78. The van der Waals surface area contributed by atoms with Crippen molar-refractivity contribution < 1.29 is 63.6 Å². The number of Topliss-reactive ketones (excluding diaryl/α,β-unsaturated/α-hetero) is 1. The van der Waals surface area contributed by atoms with Crippen LogP contribution in [-0.2, 0) is 28.5 Å². The van der Waals surface area contributed by atoms with Crippen LogP contribution in [-0.4, -0.2) is 118 Å². The molecule has 0 saturated carbocycles. The summed E-state index contributed by atoms with van der Waals surface area (Å²) >= 11 is 0. The maximum atomic E-state index is 14.4. The highest BCUT2D eigenvalue weighted by Crippen LogP contribution is 2.55. The number of fused-ring (bicyclic) bond motifs is 14. The number of carbonyl (C=O) groups excluding carboxylic acids is 3. The summed E-state index contributed by atoms with van der Waals surface area (Å²) < 4.78 is 29.0. The van der Waals surface area contributed by atoms with Gasteiger partial charge in [0.15, 0.2) is 5.75 Å². The van der Waals surface area contributed by atoms with E-state index >= 15 is 0 Å². The monoisotopic (exact) mass is 809 g/mol. The molecular formula is C42H55N3O13. The standard InChI is InChI=1S/C42H55N3O13/c1-20-11-10-12-21(2)41(53)44-32-27(19-43-45-14-17-55-18-15-45)36(50)29-30(37(32)51)35(49)25(6)39-31(29)40(52)42(8,58-39)56-16-13-28(54-9)22(3)38(57-26(7)46)24(5)34(48)23(4)33(20)47/h10-13,16,19-20,22-24,28,33-34,38,47-51H,14-15,17-18H2,1-9H3,(H,44,53)/b11-10+,16-13+,21-12-,43-19+/t20-,22+,23+,24+,28-,33-,34+,38+,42-/m0/s1. The third kappa shape index (κ3) is 8.51. The number of aromatic hydroxyl groups is 3. The van der Waals surface area contributed by atoms with Crippen LogP contribution in [0.4, 0.5) is 5.69 Å². The second-order valence-corrected chi connectivity index (χ2v) is 15.4. The Morgan fingerprint density at radius 1 is 0.966 bits per heavy atom. The summed E-state index contributed by atoms with van der Waals surface area (Å²) in [6, 6.07) is 0. The SMILES string of the molecule is CO[C@H]1/C=C/O[C@@]2(C)Oc3c(C)c(O)c4c(O)c(c(/C=N/N5CCOCC5)c(O)c4c3C2=O)NC(=O)/C(C)=C\C=C\[C@H](C)[C@H](O)[C@@H](C)[C@@H](O)[C@@H](C)[C@H](OC(C)=O)[C@@H]1C. The van der Waals surface area contributed by atoms with E-state index < -0.39 is 88.8 Å². The van der Waals surface area contributed by atoms with Gasteiger partial charge in [0.25, 0.3) is 11.7 Å². The Bertz CT molecular complexity index is 2040. The summed E-state index contributed by atoms with van der Waals surface area (Å²) in [4.78, 5) is 40.4. The quantitative estimate of drug-likeness (QED) is 0.109. The average molecular weight is 810 g/mol. The van der Waals surface area contributed by atoms with Crippen molar-refractivity contribution in [1.82, 2.24) is 5.01 Å². The zero-order chi connectivity index (χ0) is 42.8. The summed E-state index contributed by atoms with van der Waals surface area (Å²) in [7, 11) is 1.43. The zero-order valence-electron chi connectivity index (χ0n) is 34.3. The number of allylic oxidation sites excluding steroid dienone is 2. The van der Waals surface area contributed by atoms with Gasteiger partial charge in [-0.1, -0.05) is 45.9 Å². The molecule has 2 aromatic rings. The smallest absolute Gasteiger partial charge is 0.312 e. The fourth-order valence-electron chi connectivity index (χ4n) is 7.68. The van der Waals surface area contributed by atoms with Gasteiger partial charge in [-0.15, -0.1) is 0 Å². The predicted octanol–water partition coefficient (Wildman–Crippen LogP) is 4.42. The number of hydrogen-bond donors (Lipinski definition) is 6.